The van der Waals surface area contributed by atoms with Gasteiger partial charge in [-0.2, -0.15) is 0 Å². The number of benzene rings is 1. The van der Waals surface area contributed by atoms with Gasteiger partial charge in [0.25, 0.3) is 10.0 Å². The Morgan fingerprint density at radius 3 is 2.72 bits per heavy atom. The molecule has 156 valence electrons. The molecule has 1 aliphatic heterocycles. The van der Waals surface area contributed by atoms with E-state index in [2.05, 4.69) is 26.2 Å². The number of anilines is 2. The number of sulfonamides is 1. The third-order valence-electron chi connectivity index (χ3n) is 3.87. The second-order valence-corrected chi connectivity index (χ2v) is 10.4. The molecule has 2 aromatic rings. The second kappa shape index (κ2) is 7.83. The predicted molar refractivity (Wildman–Crippen MR) is 113 cm³/mol. The van der Waals surface area contributed by atoms with Gasteiger partial charge in [0, 0.05) is 4.47 Å². The minimum absolute atomic E-state index is 0.111. The van der Waals surface area contributed by atoms with Crippen LogP contribution in [-0.4, -0.2) is 37.7 Å². The molecule has 1 aromatic carbocycles. The highest BCUT2D eigenvalue weighted by Gasteiger charge is 2.34. The van der Waals surface area contributed by atoms with Gasteiger partial charge < -0.3 is 9.47 Å². The highest BCUT2D eigenvalue weighted by atomic mass is 79.9. The number of amides is 1. The first-order chi connectivity index (χ1) is 13.5. The highest BCUT2D eigenvalue weighted by Crippen LogP contribution is 2.37. The number of halogens is 1. The van der Waals surface area contributed by atoms with Crippen molar-refractivity contribution < 1.29 is 22.7 Å². The van der Waals surface area contributed by atoms with Crippen molar-refractivity contribution in [2.24, 2.45) is 0 Å². The van der Waals surface area contributed by atoms with Crippen LogP contribution in [0.4, 0.5) is 16.2 Å². The minimum atomic E-state index is -3.87. The Morgan fingerprint density at radius 1 is 1.34 bits per heavy atom. The van der Waals surface area contributed by atoms with Crippen LogP contribution in [0.3, 0.4) is 0 Å². The molecule has 0 saturated heterocycles. The lowest BCUT2D eigenvalue weighted by atomic mass is 10.2. The fourth-order valence-corrected chi connectivity index (χ4v) is 4.87. The molecule has 0 fully saturated rings. The topological polar surface area (TPSA) is 97.8 Å². The van der Waals surface area contributed by atoms with Crippen molar-refractivity contribution in [3.8, 4) is 5.88 Å². The summed E-state index contributed by atoms with van der Waals surface area (Å²) in [6.07, 6.45) is 0.345. The summed E-state index contributed by atoms with van der Waals surface area (Å²) in [4.78, 5) is 16.4. The van der Waals surface area contributed by atoms with Gasteiger partial charge in [0.1, 0.15) is 17.4 Å². The molecule has 8 nitrogen and oxygen atoms in total. The number of pyridine rings is 1. The molecule has 3 rings (SSSR count). The number of nitrogens with zero attached hydrogens (tertiary/aromatic N) is 2. The molecular weight excluding hydrogens is 462 g/mol. The molecular formula is C19H22BrN3O5S. The van der Waals surface area contributed by atoms with Gasteiger partial charge in [-0.1, -0.05) is 22.0 Å². The Kier molecular flexibility index (Phi) is 5.77. The lowest BCUT2D eigenvalue weighted by Gasteiger charge is -2.33. The number of fused-ring (bicyclic) bond motifs is 1. The number of hydrogen-bond acceptors (Lipinski definition) is 6. The van der Waals surface area contributed by atoms with Crippen molar-refractivity contribution in [2.45, 2.75) is 44.3 Å². The Balaban J connectivity index is 1.97. The van der Waals surface area contributed by atoms with Gasteiger partial charge in [0.15, 0.2) is 0 Å². The van der Waals surface area contributed by atoms with Gasteiger partial charge >= 0.3 is 6.09 Å². The normalized spacial score (nSPS) is 16.6. The average Bonchev–Trinajstić information content (AvgIpc) is 2.59. The fraction of sp³-hybridized carbons (Fsp3) is 0.368. The van der Waals surface area contributed by atoms with E-state index in [-0.39, 0.29) is 29.1 Å². The number of nitrogens with one attached hydrogen (secondary N) is 1. The van der Waals surface area contributed by atoms with E-state index >= 15 is 0 Å². The molecule has 1 unspecified atom stereocenters. The number of rotatable bonds is 3. The zero-order valence-electron chi connectivity index (χ0n) is 16.5. The number of carbonyl (C=O) groups excluding carboxylic acids is 1. The van der Waals surface area contributed by atoms with Crippen molar-refractivity contribution in [1.82, 2.24) is 4.98 Å². The van der Waals surface area contributed by atoms with Crippen LogP contribution >= 0.6 is 15.9 Å². The van der Waals surface area contributed by atoms with Crippen molar-refractivity contribution in [1.29, 1.82) is 0 Å². The van der Waals surface area contributed by atoms with Gasteiger partial charge in [-0.3, -0.25) is 9.62 Å². The monoisotopic (exact) mass is 483 g/mol. The van der Waals surface area contributed by atoms with Crippen LogP contribution < -0.4 is 14.4 Å². The SMILES string of the molecule is CC1CN(S(=O)(=O)c2cccc(Br)c2)c2cc(NC(=O)OC(C)(C)C)cnc2O1. The van der Waals surface area contributed by atoms with Gasteiger partial charge in [-0.25, -0.2) is 18.2 Å². The van der Waals surface area contributed by atoms with E-state index in [1.807, 2.05) is 0 Å². The second-order valence-electron chi connectivity index (χ2n) is 7.60. The summed E-state index contributed by atoms with van der Waals surface area (Å²) in [6, 6.07) is 7.97. The largest absolute Gasteiger partial charge is 0.471 e. The van der Waals surface area contributed by atoms with Crippen LogP contribution in [0.2, 0.25) is 0 Å². The van der Waals surface area contributed by atoms with Crippen molar-refractivity contribution >= 4 is 43.4 Å². The number of carbonyl (C=O) groups is 1. The van der Waals surface area contributed by atoms with Crippen molar-refractivity contribution in [3.05, 3.63) is 41.0 Å². The van der Waals surface area contributed by atoms with Gasteiger partial charge in [-0.15, -0.1) is 0 Å². The summed E-state index contributed by atoms with van der Waals surface area (Å²) in [5.41, 5.74) is -0.123. The number of hydrogen-bond donors (Lipinski definition) is 1. The summed E-state index contributed by atoms with van der Waals surface area (Å²) in [5.74, 6) is 0.178. The summed E-state index contributed by atoms with van der Waals surface area (Å²) >= 11 is 3.30. The summed E-state index contributed by atoms with van der Waals surface area (Å²) in [5, 5.41) is 2.57. The molecule has 1 N–H and O–H groups in total. The quantitative estimate of drug-likeness (QED) is 0.703. The van der Waals surface area contributed by atoms with Gasteiger partial charge in [-0.05, 0) is 52.0 Å². The van der Waals surface area contributed by atoms with E-state index in [4.69, 9.17) is 9.47 Å². The van der Waals surface area contributed by atoms with Gasteiger partial charge in [0.05, 0.1) is 23.3 Å². The maximum atomic E-state index is 13.3. The first-order valence-corrected chi connectivity index (χ1v) is 11.1. The lowest BCUT2D eigenvalue weighted by Crippen LogP contribution is -2.42. The Hall–Kier alpha value is -2.33. The fourth-order valence-electron chi connectivity index (χ4n) is 2.74. The molecule has 0 aliphatic carbocycles. The van der Waals surface area contributed by atoms with Crippen molar-refractivity contribution in [2.75, 3.05) is 16.2 Å². The van der Waals surface area contributed by atoms with Crippen LogP contribution in [0, 0.1) is 0 Å². The minimum Gasteiger partial charge on any atom is -0.471 e. The Morgan fingerprint density at radius 2 is 2.07 bits per heavy atom. The summed E-state index contributed by atoms with van der Waals surface area (Å²) in [7, 11) is -3.87. The van der Waals surface area contributed by atoms with E-state index < -0.39 is 21.7 Å². The smallest absolute Gasteiger partial charge is 0.412 e. The van der Waals surface area contributed by atoms with E-state index in [1.54, 1.807) is 39.8 Å². The van der Waals surface area contributed by atoms with Crippen molar-refractivity contribution in [3.63, 3.8) is 0 Å². The maximum absolute atomic E-state index is 13.3. The third kappa shape index (κ3) is 4.99. The van der Waals surface area contributed by atoms with Crippen LogP contribution in [0.5, 0.6) is 5.88 Å². The Labute approximate surface area is 178 Å². The third-order valence-corrected chi connectivity index (χ3v) is 6.13. The molecule has 1 aliphatic rings. The zero-order valence-corrected chi connectivity index (χ0v) is 18.9. The first kappa shape index (κ1) is 21.4. The molecule has 1 aromatic heterocycles. The molecule has 0 bridgehead atoms. The molecule has 1 amide bonds. The van der Waals surface area contributed by atoms with E-state index in [9.17, 15) is 13.2 Å². The summed E-state index contributed by atoms with van der Waals surface area (Å²) in [6.45, 7) is 7.12. The molecule has 1 atom stereocenters. The lowest BCUT2D eigenvalue weighted by molar-refractivity contribution is 0.0636. The molecule has 2 heterocycles. The van der Waals surface area contributed by atoms with E-state index in [1.165, 1.54) is 28.7 Å². The van der Waals surface area contributed by atoms with Crippen LogP contribution in [0.15, 0.2) is 45.9 Å². The predicted octanol–water partition coefficient (Wildman–Crippen LogP) is 4.17. The average molecular weight is 484 g/mol. The first-order valence-electron chi connectivity index (χ1n) is 8.91. The zero-order chi connectivity index (χ0) is 21.4. The molecule has 29 heavy (non-hydrogen) atoms. The van der Waals surface area contributed by atoms with Gasteiger partial charge in [0.2, 0.25) is 5.88 Å². The molecule has 0 saturated carbocycles. The Bertz CT molecular complexity index is 1040. The molecule has 10 heteroatoms. The van der Waals surface area contributed by atoms with Crippen LogP contribution in [0.25, 0.3) is 0 Å². The summed E-state index contributed by atoms with van der Waals surface area (Å²) < 4.78 is 39.4. The van der Waals surface area contributed by atoms with Crippen LogP contribution in [0.1, 0.15) is 27.7 Å². The van der Waals surface area contributed by atoms with E-state index in [0.717, 1.165) is 0 Å². The number of ether oxygens (including phenoxy) is 2. The standard InChI is InChI=1S/C19H22BrN3O5S/c1-12-11-23(29(25,26)15-7-5-6-13(20)8-15)16-9-14(10-21-17(16)27-12)22-18(24)28-19(2,3)4/h5-10,12H,11H2,1-4H3,(H,22,24). The molecule has 0 radical (unpaired) electrons. The van der Waals surface area contributed by atoms with E-state index in [0.29, 0.717) is 10.2 Å². The molecule has 0 spiro atoms. The van der Waals surface area contributed by atoms with Crippen LogP contribution in [-0.2, 0) is 14.8 Å². The highest BCUT2D eigenvalue weighted by molar-refractivity contribution is 9.10. The maximum Gasteiger partial charge on any atom is 0.412 e. The number of aromatic nitrogens is 1.